The van der Waals surface area contributed by atoms with Gasteiger partial charge >= 0.3 is 18.8 Å². The zero-order valence-corrected chi connectivity index (χ0v) is 32.7. The topological polar surface area (TPSA) is 374 Å². The minimum absolute atomic E-state index is 0. The molecule has 2 aromatic heterocycles. The standard InChI is InChI=1S/2C16H14N6O6S.Cr/c2*1-9-15(19-18-13-8-11(22(25)26)5-6-14(13)23)16(24)21(20-9)10-3-2-4-12(7-10)29(17,27)28;/h2*2-8H,1H3,(H4,17,18,19,20,23,24,27,28);/q;;+3/p-3. The van der Waals surface area contributed by atoms with Gasteiger partial charge in [0.2, 0.25) is 20.0 Å². The minimum Gasteiger partial charge on any atom is -0.871 e. The SMILES string of the molecule is Cc1[n-]n(-c2cccc(S(N)(=O)=O)c2)c(=O)c1N=Nc1cc([N+](=O)[O-])ccc1[O-].Cc1[n-]n(-c2cccc(S(N)(=O)=O)c2)c(=O)c1N=Nc1cc([N+](=O)[O-])ccc1[O-].[Cr+3].[H+]. The van der Waals surface area contributed by atoms with Crippen LogP contribution in [0.25, 0.3) is 11.4 Å². The molecule has 0 fully saturated rings. The van der Waals surface area contributed by atoms with E-state index in [1.165, 1.54) is 62.4 Å². The summed E-state index contributed by atoms with van der Waals surface area (Å²) in [6.45, 7) is 2.92. The number of sulfonamides is 2. The number of non-ortho nitro benzene ring substituents is 2. The second-order valence-electron chi connectivity index (χ2n) is 11.6. The quantitative estimate of drug-likeness (QED) is 0.113. The molecule has 0 aliphatic rings. The molecule has 0 saturated carbocycles. The van der Waals surface area contributed by atoms with Crippen LogP contribution in [0.15, 0.2) is 125 Å². The van der Waals surface area contributed by atoms with Crippen LogP contribution in [0.5, 0.6) is 11.5 Å². The second-order valence-corrected chi connectivity index (χ2v) is 14.7. The van der Waals surface area contributed by atoms with Crippen LogP contribution in [-0.2, 0) is 37.4 Å². The summed E-state index contributed by atoms with van der Waals surface area (Å²) in [4.78, 5) is 45.1. The second kappa shape index (κ2) is 17.6. The Labute approximate surface area is 342 Å². The summed E-state index contributed by atoms with van der Waals surface area (Å²) >= 11 is 0. The van der Waals surface area contributed by atoms with Crippen LogP contribution < -0.4 is 41.8 Å². The number of nitrogens with zero attached hydrogens (tertiary/aromatic N) is 10. The molecule has 0 bridgehead atoms. The fourth-order valence-electron chi connectivity index (χ4n) is 4.76. The molecule has 59 heavy (non-hydrogen) atoms. The van der Waals surface area contributed by atoms with Crippen molar-refractivity contribution in [3.8, 4) is 22.9 Å². The van der Waals surface area contributed by atoms with E-state index in [1.54, 1.807) is 0 Å². The third kappa shape index (κ3) is 10.2. The van der Waals surface area contributed by atoms with Gasteiger partial charge in [-0.15, -0.1) is 21.6 Å². The number of nitro benzene ring substituents is 2. The van der Waals surface area contributed by atoms with Crippen molar-refractivity contribution in [3.05, 3.63) is 137 Å². The molecule has 4 aromatic carbocycles. The molecule has 2 heterocycles. The smallest absolute Gasteiger partial charge is 0.871 e. The molecule has 0 unspecified atom stereocenters. The molecule has 303 valence electrons. The normalized spacial score (nSPS) is 11.6. The van der Waals surface area contributed by atoms with Crippen LogP contribution in [0.3, 0.4) is 0 Å². The van der Waals surface area contributed by atoms with Gasteiger partial charge < -0.3 is 29.8 Å². The Kier molecular flexibility index (Phi) is 13.3. The minimum atomic E-state index is -3.99. The van der Waals surface area contributed by atoms with Crippen LogP contribution in [0.1, 0.15) is 12.8 Å². The van der Waals surface area contributed by atoms with E-state index >= 15 is 0 Å². The van der Waals surface area contributed by atoms with Gasteiger partial charge in [0.1, 0.15) is 11.4 Å². The number of hydrogen-bond acceptors (Lipinski definition) is 16. The molecule has 6 aromatic rings. The van der Waals surface area contributed by atoms with Gasteiger partial charge in [-0.2, -0.15) is 10.2 Å². The number of nitro groups is 2. The summed E-state index contributed by atoms with van der Waals surface area (Å²) in [5.41, 5.74) is -2.66. The van der Waals surface area contributed by atoms with E-state index in [1.807, 2.05) is 0 Å². The summed E-state index contributed by atoms with van der Waals surface area (Å²) in [7, 11) is -7.97. The zero-order valence-electron chi connectivity index (χ0n) is 30.8. The van der Waals surface area contributed by atoms with Gasteiger partial charge in [-0.3, -0.25) is 29.8 Å². The van der Waals surface area contributed by atoms with Gasteiger partial charge in [-0.05, 0) is 36.4 Å². The molecular formula is C32H25CrN12O12S2. The first-order chi connectivity index (χ1) is 27.1. The maximum absolute atomic E-state index is 12.6. The van der Waals surface area contributed by atoms with Gasteiger partial charge in [-0.25, -0.2) is 27.1 Å². The first-order valence-corrected chi connectivity index (χ1v) is 18.8. The molecular weight excluding hydrogens is 861 g/mol. The summed E-state index contributed by atoms with van der Waals surface area (Å²) in [5.74, 6) is -1.23. The van der Waals surface area contributed by atoms with Gasteiger partial charge in [0.15, 0.2) is 0 Å². The largest absolute Gasteiger partial charge is 3.00 e. The zero-order chi connectivity index (χ0) is 42.7. The molecule has 0 spiro atoms. The van der Waals surface area contributed by atoms with Crippen molar-refractivity contribution in [2.45, 2.75) is 23.6 Å². The van der Waals surface area contributed by atoms with Crippen LogP contribution in [0.4, 0.5) is 34.1 Å². The molecule has 1 radical (unpaired) electrons. The van der Waals surface area contributed by atoms with Gasteiger partial charge in [0, 0.05) is 35.6 Å². The summed E-state index contributed by atoms with van der Waals surface area (Å²) in [5, 5.41) is 78.2. The predicted molar refractivity (Wildman–Crippen MR) is 197 cm³/mol. The first kappa shape index (κ1) is 44.6. The number of primary sulfonamides is 2. The van der Waals surface area contributed by atoms with Crippen LogP contribution in [-0.4, -0.2) is 36.0 Å². The predicted octanol–water partition coefficient (Wildman–Crippen LogP) is 2.41. The number of aromatic nitrogens is 4. The number of azo groups is 2. The Morgan fingerprint density at radius 2 is 0.966 bits per heavy atom. The molecule has 0 atom stereocenters. The molecule has 0 aliphatic heterocycles. The Balaban J connectivity index is 0.000000310. The number of nitrogens with two attached hydrogens (primary N) is 2. The molecule has 0 amide bonds. The Morgan fingerprint density at radius 1 is 0.610 bits per heavy atom. The Bertz CT molecular complexity index is 2830. The maximum atomic E-state index is 12.6. The summed E-state index contributed by atoms with van der Waals surface area (Å²) in [6.07, 6.45) is 0. The van der Waals surface area contributed by atoms with Gasteiger partial charge in [0.05, 0.1) is 31.0 Å². The molecule has 4 N–H and O–H groups in total. The van der Waals surface area contributed by atoms with E-state index < -0.39 is 52.5 Å². The number of aryl methyl sites for hydroxylation is 2. The van der Waals surface area contributed by atoms with Crippen molar-refractivity contribution in [2.24, 2.45) is 30.7 Å². The van der Waals surface area contributed by atoms with Crippen LogP contribution in [0.2, 0.25) is 0 Å². The van der Waals surface area contributed by atoms with Crippen LogP contribution in [0, 0.1) is 34.1 Å². The average molecular weight is 886 g/mol. The van der Waals surface area contributed by atoms with E-state index in [2.05, 4.69) is 30.7 Å². The monoisotopic (exact) mass is 885 g/mol. The maximum Gasteiger partial charge on any atom is 3.00 e. The number of benzene rings is 4. The molecule has 24 nitrogen and oxygen atoms in total. The van der Waals surface area contributed by atoms with Crippen molar-refractivity contribution in [3.63, 3.8) is 0 Å². The molecule has 6 rings (SSSR count). The fourth-order valence-corrected chi connectivity index (χ4v) is 5.87. The van der Waals surface area contributed by atoms with Crippen molar-refractivity contribution in [2.75, 3.05) is 0 Å². The average Bonchev–Trinajstić information content (AvgIpc) is 3.61. The van der Waals surface area contributed by atoms with Gasteiger partial charge in [-0.1, -0.05) is 49.6 Å². The van der Waals surface area contributed by atoms with E-state index in [9.17, 15) is 56.9 Å². The number of hydrogen-bond donors (Lipinski definition) is 2. The van der Waals surface area contributed by atoms with Crippen molar-refractivity contribution in [1.82, 2.24) is 19.6 Å². The Hall–Kier alpha value is -7.15. The summed E-state index contributed by atoms with van der Waals surface area (Å²) in [6, 6.07) is 16.4. The van der Waals surface area contributed by atoms with E-state index in [4.69, 9.17) is 10.3 Å². The Morgan fingerprint density at radius 3 is 1.29 bits per heavy atom. The van der Waals surface area contributed by atoms with E-state index in [0.717, 1.165) is 45.8 Å². The van der Waals surface area contributed by atoms with Gasteiger partial charge in [0.25, 0.3) is 22.5 Å². The van der Waals surface area contributed by atoms with Crippen molar-refractivity contribution >= 4 is 54.2 Å². The van der Waals surface area contributed by atoms with Crippen molar-refractivity contribution < 1.29 is 55.7 Å². The third-order valence-electron chi connectivity index (χ3n) is 7.58. The van der Waals surface area contributed by atoms with Crippen LogP contribution >= 0.6 is 0 Å². The first-order valence-electron chi connectivity index (χ1n) is 15.7. The molecule has 27 heteroatoms. The molecule has 0 aliphatic carbocycles. The fraction of sp³-hybridized carbons (Fsp3) is 0.0625. The van der Waals surface area contributed by atoms with E-state index in [0.29, 0.717) is 0 Å². The molecule has 0 saturated heterocycles. The van der Waals surface area contributed by atoms with E-state index in [-0.39, 0.29) is 85.5 Å². The van der Waals surface area contributed by atoms with Crippen molar-refractivity contribution in [1.29, 1.82) is 0 Å². The third-order valence-corrected chi connectivity index (χ3v) is 9.40. The number of rotatable bonds is 10. The summed E-state index contributed by atoms with van der Waals surface area (Å²) < 4.78 is 47.8.